The molecule has 0 amide bonds. The maximum absolute atomic E-state index is 12.6. The molecule has 146 valence electrons. The fourth-order valence-electron chi connectivity index (χ4n) is 2.68. The monoisotopic (exact) mass is 390 g/mol. The SMILES string of the molecule is CCCOC(=O)[C@@H](CCCc1ccccc1)OS(=O)(=O)c1ccccc1C. The first-order valence-corrected chi connectivity index (χ1v) is 10.5. The van der Waals surface area contributed by atoms with Crippen molar-refractivity contribution in [2.24, 2.45) is 0 Å². The quantitative estimate of drug-likeness (QED) is 0.452. The van der Waals surface area contributed by atoms with Crippen LogP contribution in [0.4, 0.5) is 0 Å². The third-order valence-electron chi connectivity index (χ3n) is 4.09. The minimum Gasteiger partial charge on any atom is -0.464 e. The van der Waals surface area contributed by atoms with E-state index >= 15 is 0 Å². The molecule has 0 radical (unpaired) electrons. The molecular formula is C21H26O5S. The highest BCUT2D eigenvalue weighted by Crippen LogP contribution is 2.21. The molecule has 1 atom stereocenters. The van der Waals surface area contributed by atoms with Crippen molar-refractivity contribution < 1.29 is 22.1 Å². The topological polar surface area (TPSA) is 69.7 Å². The lowest BCUT2D eigenvalue weighted by molar-refractivity contribution is -0.152. The fourth-order valence-corrected chi connectivity index (χ4v) is 3.97. The van der Waals surface area contributed by atoms with Crippen molar-refractivity contribution in [3.8, 4) is 0 Å². The molecule has 0 aromatic heterocycles. The lowest BCUT2D eigenvalue weighted by Crippen LogP contribution is -2.30. The zero-order chi connectivity index (χ0) is 19.7. The average molecular weight is 391 g/mol. The van der Waals surface area contributed by atoms with E-state index in [0.717, 1.165) is 12.0 Å². The summed E-state index contributed by atoms with van der Waals surface area (Å²) in [6, 6.07) is 16.4. The van der Waals surface area contributed by atoms with Crippen LogP contribution >= 0.6 is 0 Å². The summed E-state index contributed by atoms with van der Waals surface area (Å²) in [5, 5.41) is 0. The van der Waals surface area contributed by atoms with E-state index in [1.165, 1.54) is 6.07 Å². The number of hydrogen-bond acceptors (Lipinski definition) is 5. The molecule has 0 fully saturated rings. The van der Waals surface area contributed by atoms with Crippen molar-refractivity contribution >= 4 is 16.1 Å². The van der Waals surface area contributed by atoms with Gasteiger partial charge in [-0.2, -0.15) is 8.42 Å². The van der Waals surface area contributed by atoms with Gasteiger partial charge in [0.05, 0.1) is 11.5 Å². The maximum Gasteiger partial charge on any atom is 0.336 e. The van der Waals surface area contributed by atoms with E-state index < -0.39 is 22.2 Å². The number of carbonyl (C=O) groups excluding carboxylic acids is 1. The summed E-state index contributed by atoms with van der Waals surface area (Å²) in [7, 11) is -4.06. The van der Waals surface area contributed by atoms with Crippen molar-refractivity contribution in [1.29, 1.82) is 0 Å². The number of carbonyl (C=O) groups is 1. The van der Waals surface area contributed by atoms with E-state index in [0.29, 0.717) is 18.4 Å². The number of hydrogen-bond donors (Lipinski definition) is 0. The summed E-state index contributed by atoms with van der Waals surface area (Å²) < 4.78 is 35.7. The highest BCUT2D eigenvalue weighted by atomic mass is 32.2. The van der Waals surface area contributed by atoms with Crippen LogP contribution in [0.2, 0.25) is 0 Å². The van der Waals surface area contributed by atoms with Crippen molar-refractivity contribution in [2.75, 3.05) is 6.61 Å². The highest BCUT2D eigenvalue weighted by molar-refractivity contribution is 7.86. The molecule has 0 saturated heterocycles. The summed E-state index contributed by atoms with van der Waals surface area (Å²) in [5.74, 6) is -0.637. The average Bonchev–Trinajstić information content (AvgIpc) is 2.66. The molecule has 0 unspecified atom stereocenters. The molecule has 0 aliphatic heterocycles. The van der Waals surface area contributed by atoms with Crippen molar-refractivity contribution in [1.82, 2.24) is 0 Å². The molecule has 0 spiro atoms. The van der Waals surface area contributed by atoms with Crippen LogP contribution in [-0.4, -0.2) is 27.1 Å². The van der Waals surface area contributed by atoms with Gasteiger partial charge in [-0.15, -0.1) is 0 Å². The number of ether oxygens (including phenoxy) is 1. The van der Waals surface area contributed by atoms with Gasteiger partial charge in [-0.3, -0.25) is 4.18 Å². The Morgan fingerprint density at radius 2 is 1.70 bits per heavy atom. The van der Waals surface area contributed by atoms with Crippen molar-refractivity contribution in [3.63, 3.8) is 0 Å². The van der Waals surface area contributed by atoms with Crippen molar-refractivity contribution in [3.05, 3.63) is 65.7 Å². The summed E-state index contributed by atoms with van der Waals surface area (Å²) >= 11 is 0. The largest absolute Gasteiger partial charge is 0.464 e. The second-order valence-electron chi connectivity index (χ2n) is 6.35. The molecule has 0 aliphatic carbocycles. The molecule has 0 heterocycles. The van der Waals surface area contributed by atoms with Crippen LogP contribution in [0.5, 0.6) is 0 Å². The normalized spacial score (nSPS) is 12.5. The van der Waals surface area contributed by atoms with Gasteiger partial charge >= 0.3 is 5.97 Å². The predicted molar refractivity (Wildman–Crippen MR) is 104 cm³/mol. The smallest absolute Gasteiger partial charge is 0.336 e. The van der Waals surface area contributed by atoms with E-state index in [1.807, 2.05) is 37.3 Å². The van der Waals surface area contributed by atoms with Gasteiger partial charge < -0.3 is 4.74 Å². The van der Waals surface area contributed by atoms with E-state index in [2.05, 4.69) is 0 Å². The molecule has 2 aromatic rings. The highest BCUT2D eigenvalue weighted by Gasteiger charge is 2.29. The molecule has 0 saturated carbocycles. The maximum atomic E-state index is 12.6. The Hall–Kier alpha value is -2.18. The van der Waals surface area contributed by atoms with Crippen molar-refractivity contribution in [2.45, 2.75) is 50.5 Å². The Bertz CT molecular complexity index is 831. The van der Waals surface area contributed by atoms with E-state index in [9.17, 15) is 13.2 Å². The molecular weight excluding hydrogens is 364 g/mol. The lowest BCUT2D eigenvalue weighted by Gasteiger charge is -2.17. The Labute approximate surface area is 161 Å². The van der Waals surface area contributed by atoms with Gasteiger partial charge in [-0.1, -0.05) is 55.5 Å². The Balaban J connectivity index is 2.09. The predicted octanol–water partition coefficient (Wildman–Crippen LogP) is 4.05. The summed E-state index contributed by atoms with van der Waals surface area (Å²) in [6.45, 7) is 3.81. The third kappa shape index (κ3) is 6.48. The number of aryl methyl sites for hydroxylation is 2. The van der Waals surface area contributed by atoms with Crippen LogP contribution in [-0.2, 0) is 30.3 Å². The third-order valence-corrected chi connectivity index (χ3v) is 5.57. The van der Waals surface area contributed by atoms with Gasteiger partial charge in [0.2, 0.25) is 0 Å². The molecule has 6 heteroatoms. The van der Waals surface area contributed by atoms with Gasteiger partial charge in [-0.05, 0) is 49.8 Å². The van der Waals surface area contributed by atoms with Gasteiger partial charge in [0.1, 0.15) is 0 Å². The molecule has 0 bridgehead atoms. The van der Waals surface area contributed by atoms with E-state index in [1.54, 1.807) is 25.1 Å². The number of rotatable bonds is 10. The molecule has 27 heavy (non-hydrogen) atoms. The van der Waals surface area contributed by atoms with Gasteiger partial charge in [0.25, 0.3) is 10.1 Å². The zero-order valence-corrected chi connectivity index (χ0v) is 16.6. The standard InChI is InChI=1S/C21H26O5S/c1-3-16-25-21(22)19(14-9-13-18-11-5-4-6-12-18)26-27(23,24)20-15-8-7-10-17(20)2/h4-8,10-12,15,19H,3,9,13-14,16H2,1-2H3/t19-/m1/s1. The van der Waals surface area contributed by atoms with E-state index in [-0.39, 0.29) is 17.9 Å². The van der Waals surface area contributed by atoms with Crippen LogP contribution in [0.3, 0.4) is 0 Å². The summed E-state index contributed by atoms with van der Waals surface area (Å²) in [4.78, 5) is 12.4. The van der Waals surface area contributed by atoms with Gasteiger partial charge in [-0.25, -0.2) is 4.79 Å². The van der Waals surface area contributed by atoms with Crippen LogP contribution < -0.4 is 0 Å². The van der Waals surface area contributed by atoms with Crippen LogP contribution in [0.25, 0.3) is 0 Å². The molecule has 0 N–H and O–H groups in total. The number of esters is 1. The molecule has 0 aliphatic rings. The Morgan fingerprint density at radius 3 is 2.37 bits per heavy atom. The number of benzene rings is 2. The fraction of sp³-hybridized carbons (Fsp3) is 0.381. The van der Waals surface area contributed by atoms with Gasteiger partial charge in [0, 0.05) is 0 Å². The molecule has 2 rings (SSSR count). The summed E-state index contributed by atoms with van der Waals surface area (Å²) in [5.41, 5.74) is 1.70. The second kappa shape index (κ2) is 10.2. The first-order chi connectivity index (χ1) is 12.9. The zero-order valence-electron chi connectivity index (χ0n) is 15.8. The first kappa shape index (κ1) is 21.1. The van der Waals surface area contributed by atoms with E-state index in [4.69, 9.17) is 8.92 Å². The summed E-state index contributed by atoms with van der Waals surface area (Å²) in [6.07, 6.45) is 1.12. The molecule has 5 nitrogen and oxygen atoms in total. The van der Waals surface area contributed by atoms with Crippen LogP contribution in [0.15, 0.2) is 59.5 Å². The minimum absolute atomic E-state index is 0.0707. The lowest BCUT2D eigenvalue weighted by atomic mass is 10.1. The second-order valence-corrected chi connectivity index (χ2v) is 7.89. The van der Waals surface area contributed by atoms with Crippen LogP contribution in [0, 0.1) is 6.92 Å². The van der Waals surface area contributed by atoms with Crippen LogP contribution in [0.1, 0.15) is 37.3 Å². The Morgan fingerprint density at radius 1 is 1.04 bits per heavy atom. The molecule has 2 aromatic carbocycles. The first-order valence-electron chi connectivity index (χ1n) is 9.13. The Kier molecular flexibility index (Phi) is 8.00. The minimum atomic E-state index is -4.06. The van der Waals surface area contributed by atoms with Gasteiger partial charge in [0.15, 0.2) is 6.10 Å².